The lowest BCUT2D eigenvalue weighted by Crippen LogP contribution is -2.12. The van der Waals surface area contributed by atoms with Crippen molar-refractivity contribution in [1.82, 2.24) is 9.97 Å². The summed E-state index contributed by atoms with van der Waals surface area (Å²) in [6.07, 6.45) is 1.20. The molecule has 4 heteroatoms. The van der Waals surface area contributed by atoms with Crippen molar-refractivity contribution in [2.24, 2.45) is 11.8 Å². The van der Waals surface area contributed by atoms with Crippen molar-refractivity contribution in [3.05, 3.63) is 17.6 Å². The van der Waals surface area contributed by atoms with Gasteiger partial charge in [0.1, 0.15) is 11.6 Å². The van der Waals surface area contributed by atoms with E-state index in [9.17, 15) is 0 Å². The van der Waals surface area contributed by atoms with Crippen LogP contribution in [0.1, 0.15) is 50.5 Å². The maximum absolute atomic E-state index is 5.40. The van der Waals surface area contributed by atoms with Crippen molar-refractivity contribution in [3.63, 3.8) is 0 Å². The Labute approximate surface area is 90.3 Å². The van der Waals surface area contributed by atoms with E-state index in [-0.39, 0.29) is 0 Å². The topological polar surface area (TPSA) is 63.8 Å². The molecule has 0 aromatic carbocycles. The summed E-state index contributed by atoms with van der Waals surface area (Å²) < 4.78 is 0. The Morgan fingerprint density at radius 1 is 1.47 bits per heavy atom. The molecule has 3 N–H and O–H groups in total. The van der Waals surface area contributed by atoms with Crippen LogP contribution >= 0.6 is 0 Å². The normalized spacial score (nSPS) is 24.3. The molecular formula is C11H18N4. The average Bonchev–Trinajstić information content (AvgIpc) is 2.94. The second-order valence-corrected chi connectivity index (χ2v) is 4.65. The summed E-state index contributed by atoms with van der Waals surface area (Å²) >= 11 is 0. The van der Waals surface area contributed by atoms with Crippen LogP contribution in [0.5, 0.6) is 0 Å². The molecule has 4 nitrogen and oxygen atoms in total. The Hall–Kier alpha value is -1.16. The fourth-order valence-corrected chi connectivity index (χ4v) is 1.70. The van der Waals surface area contributed by atoms with Gasteiger partial charge in [0.15, 0.2) is 0 Å². The first kappa shape index (κ1) is 10.4. The van der Waals surface area contributed by atoms with E-state index < -0.39 is 0 Å². The molecular weight excluding hydrogens is 188 g/mol. The van der Waals surface area contributed by atoms with Crippen LogP contribution < -0.4 is 11.3 Å². The minimum absolute atomic E-state index is 0.410. The summed E-state index contributed by atoms with van der Waals surface area (Å²) in [7, 11) is 0. The number of nitrogens with one attached hydrogen (secondary N) is 1. The van der Waals surface area contributed by atoms with Crippen LogP contribution in [0.2, 0.25) is 0 Å². The van der Waals surface area contributed by atoms with Gasteiger partial charge < -0.3 is 5.43 Å². The molecule has 2 rings (SSSR count). The van der Waals surface area contributed by atoms with Gasteiger partial charge in [0, 0.05) is 17.7 Å². The first-order valence-corrected chi connectivity index (χ1v) is 5.47. The summed E-state index contributed by atoms with van der Waals surface area (Å²) in [5, 5.41) is 0. The number of hydrogen-bond acceptors (Lipinski definition) is 4. The first-order chi connectivity index (χ1) is 7.11. The predicted octanol–water partition coefficient (Wildman–Crippen LogP) is 2.01. The van der Waals surface area contributed by atoms with Crippen LogP contribution in [-0.2, 0) is 0 Å². The van der Waals surface area contributed by atoms with Crippen molar-refractivity contribution in [2.75, 3.05) is 5.43 Å². The Morgan fingerprint density at radius 2 is 2.13 bits per heavy atom. The minimum atomic E-state index is 0.410. The molecule has 15 heavy (non-hydrogen) atoms. The molecule has 1 aliphatic carbocycles. The zero-order valence-corrected chi connectivity index (χ0v) is 9.49. The second-order valence-electron chi connectivity index (χ2n) is 4.65. The van der Waals surface area contributed by atoms with Crippen molar-refractivity contribution in [1.29, 1.82) is 0 Å². The Morgan fingerprint density at radius 3 is 2.60 bits per heavy atom. The molecule has 0 amide bonds. The number of hydrazine groups is 1. The Balaban J connectivity index is 2.33. The highest BCUT2D eigenvalue weighted by molar-refractivity contribution is 5.36. The van der Waals surface area contributed by atoms with E-state index in [4.69, 9.17) is 5.84 Å². The van der Waals surface area contributed by atoms with Crippen molar-refractivity contribution in [2.45, 2.75) is 39.0 Å². The molecule has 1 saturated carbocycles. The average molecular weight is 206 g/mol. The van der Waals surface area contributed by atoms with Crippen LogP contribution in [0.25, 0.3) is 0 Å². The summed E-state index contributed by atoms with van der Waals surface area (Å²) in [6.45, 7) is 6.48. The lowest BCUT2D eigenvalue weighted by molar-refractivity contribution is 0.768. The van der Waals surface area contributed by atoms with Gasteiger partial charge in [0.05, 0.1) is 0 Å². The second kappa shape index (κ2) is 3.77. The highest BCUT2D eigenvalue weighted by atomic mass is 15.3. The third-order valence-corrected chi connectivity index (χ3v) is 2.94. The third-order valence-electron chi connectivity index (χ3n) is 2.94. The molecule has 1 aromatic heterocycles. The van der Waals surface area contributed by atoms with E-state index in [1.165, 1.54) is 6.42 Å². The fourth-order valence-electron chi connectivity index (χ4n) is 1.70. The summed E-state index contributed by atoms with van der Waals surface area (Å²) in [5.41, 5.74) is 3.67. The number of aromatic nitrogens is 2. The monoisotopic (exact) mass is 206 g/mol. The highest BCUT2D eigenvalue weighted by Gasteiger charge is 2.37. The third kappa shape index (κ3) is 2.09. The molecule has 2 unspecified atom stereocenters. The van der Waals surface area contributed by atoms with Crippen LogP contribution in [0, 0.1) is 5.92 Å². The van der Waals surface area contributed by atoms with Gasteiger partial charge in [-0.25, -0.2) is 15.8 Å². The molecule has 0 saturated heterocycles. The summed E-state index contributed by atoms with van der Waals surface area (Å²) in [6, 6.07) is 1.92. The van der Waals surface area contributed by atoms with Gasteiger partial charge in [-0.15, -0.1) is 0 Å². The molecule has 0 bridgehead atoms. The van der Waals surface area contributed by atoms with E-state index >= 15 is 0 Å². The van der Waals surface area contributed by atoms with E-state index in [1.807, 2.05) is 6.07 Å². The zero-order valence-electron chi connectivity index (χ0n) is 9.49. The molecule has 0 radical (unpaired) electrons. The van der Waals surface area contributed by atoms with Gasteiger partial charge in [-0.2, -0.15) is 0 Å². The number of rotatable bonds is 3. The van der Waals surface area contributed by atoms with Gasteiger partial charge in [0.25, 0.3) is 0 Å². The largest absolute Gasteiger partial charge is 0.308 e. The molecule has 1 aliphatic rings. The molecule has 1 fully saturated rings. The van der Waals surface area contributed by atoms with Gasteiger partial charge >= 0.3 is 0 Å². The van der Waals surface area contributed by atoms with Crippen molar-refractivity contribution in [3.8, 4) is 0 Å². The van der Waals surface area contributed by atoms with Gasteiger partial charge in [-0.05, 0) is 18.3 Å². The van der Waals surface area contributed by atoms with Gasteiger partial charge in [0.2, 0.25) is 0 Å². The van der Waals surface area contributed by atoms with Crippen LogP contribution in [0.4, 0.5) is 5.82 Å². The Kier molecular flexibility index (Phi) is 2.61. The van der Waals surface area contributed by atoms with Crippen molar-refractivity contribution < 1.29 is 0 Å². The van der Waals surface area contributed by atoms with Gasteiger partial charge in [-0.1, -0.05) is 20.8 Å². The zero-order chi connectivity index (χ0) is 11.0. The molecule has 1 aromatic rings. The van der Waals surface area contributed by atoms with E-state index in [0.717, 1.165) is 23.3 Å². The summed E-state index contributed by atoms with van der Waals surface area (Å²) in [4.78, 5) is 8.99. The maximum Gasteiger partial charge on any atom is 0.143 e. The number of hydrogen-bond donors (Lipinski definition) is 2. The molecule has 82 valence electrons. The maximum atomic E-state index is 5.40. The van der Waals surface area contributed by atoms with Crippen molar-refractivity contribution >= 4 is 5.82 Å². The fraction of sp³-hybridized carbons (Fsp3) is 0.636. The lowest BCUT2D eigenvalue weighted by atomic mass is 10.1. The van der Waals surface area contributed by atoms with E-state index in [2.05, 4.69) is 36.2 Å². The molecule has 0 spiro atoms. The SMILES string of the molecule is CC(C)c1cc(NN)nc(C2CC2C)n1. The number of nitrogens with zero attached hydrogens (tertiary/aromatic N) is 2. The number of nitrogens with two attached hydrogens (primary N) is 1. The van der Waals surface area contributed by atoms with E-state index in [0.29, 0.717) is 11.8 Å². The summed E-state index contributed by atoms with van der Waals surface area (Å²) in [5.74, 6) is 8.74. The molecule has 0 aliphatic heterocycles. The smallest absolute Gasteiger partial charge is 0.143 e. The lowest BCUT2D eigenvalue weighted by Gasteiger charge is -2.09. The quantitative estimate of drug-likeness (QED) is 0.586. The van der Waals surface area contributed by atoms with Crippen LogP contribution in [0.3, 0.4) is 0 Å². The number of anilines is 1. The predicted molar refractivity (Wildman–Crippen MR) is 60.5 cm³/mol. The Bertz CT molecular complexity index is 362. The highest BCUT2D eigenvalue weighted by Crippen LogP contribution is 2.45. The first-order valence-electron chi connectivity index (χ1n) is 5.47. The molecule has 2 atom stereocenters. The molecule has 1 heterocycles. The van der Waals surface area contributed by atoms with Crippen LogP contribution in [0.15, 0.2) is 6.07 Å². The number of nitrogen functional groups attached to an aromatic ring is 1. The van der Waals surface area contributed by atoms with Crippen LogP contribution in [-0.4, -0.2) is 9.97 Å². The van der Waals surface area contributed by atoms with E-state index in [1.54, 1.807) is 0 Å². The standard InChI is InChI=1S/C11H18N4/c1-6(2)9-5-10(15-12)14-11(13-9)8-4-7(8)3/h5-8H,4,12H2,1-3H3,(H,13,14,15). The van der Waals surface area contributed by atoms with Gasteiger partial charge in [-0.3, -0.25) is 0 Å². The minimum Gasteiger partial charge on any atom is -0.308 e.